The fourth-order valence-corrected chi connectivity index (χ4v) is 4.13. The van der Waals surface area contributed by atoms with Gasteiger partial charge in [0.1, 0.15) is 6.17 Å². The molecular formula is C16H24N2OS. The van der Waals surface area contributed by atoms with Crippen LogP contribution in [0.1, 0.15) is 57.7 Å². The van der Waals surface area contributed by atoms with Crippen molar-refractivity contribution in [3.8, 4) is 0 Å². The van der Waals surface area contributed by atoms with Crippen molar-refractivity contribution in [2.45, 2.75) is 57.7 Å². The van der Waals surface area contributed by atoms with Crippen molar-refractivity contribution in [3.05, 3.63) is 22.4 Å². The zero-order valence-corrected chi connectivity index (χ0v) is 13.2. The number of rotatable bonds is 4. The van der Waals surface area contributed by atoms with Crippen LogP contribution in [0.5, 0.6) is 0 Å². The third-order valence-electron chi connectivity index (χ3n) is 4.66. The molecule has 110 valence electrons. The standard InChI is InChI=1S/C16H24N2OS/c1-12(2)5-9-18-14(13-6-10-20-11-13)17-16(15(18)19)7-3-4-8-16/h6,10-12,14,17H,3-5,7-9H2,1-2H3. The SMILES string of the molecule is CC(C)CCN1C(=O)C2(CCCC2)NC1c1ccsc1. The van der Waals surface area contributed by atoms with Gasteiger partial charge in [0.2, 0.25) is 5.91 Å². The highest BCUT2D eigenvalue weighted by Crippen LogP contribution is 2.41. The minimum Gasteiger partial charge on any atom is -0.321 e. The van der Waals surface area contributed by atoms with Gasteiger partial charge < -0.3 is 4.90 Å². The largest absolute Gasteiger partial charge is 0.321 e. The average Bonchev–Trinajstić information content (AvgIpc) is 3.13. The Labute approximate surface area is 125 Å². The molecule has 20 heavy (non-hydrogen) atoms. The summed E-state index contributed by atoms with van der Waals surface area (Å²) in [6, 6.07) is 2.14. The van der Waals surface area contributed by atoms with Gasteiger partial charge >= 0.3 is 0 Å². The molecule has 1 aromatic rings. The molecule has 1 saturated carbocycles. The first-order valence-electron chi connectivity index (χ1n) is 7.73. The summed E-state index contributed by atoms with van der Waals surface area (Å²) >= 11 is 1.71. The van der Waals surface area contributed by atoms with E-state index in [1.54, 1.807) is 11.3 Å². The molecule has 1 amide bonds. The number of thiophene rings is 1. The van der Waals surface area contributed by atoms with E-state index in [9.17, 15) is 4.79 Å². The molecule has 2 heterocycles. The summed E-state index contributed by atoms with van der Waals surface area (Å²) in [5.74, 6) is 0.970. The van der Waals surface area contributed by atoms with Crippen LogP contribution in [-0.2, 0) is 4.79 Å². The van der Waals surface area contributed by atoms with Gasteiger partial charge in [0.15, 0.2) is 0 Å². The Morgan fingerprint density at radius 2 is 2.20 bits per heavy atom. The Hall–Kier alpha value is -0.870. The molecule has 3 nitrogen and oxygen atoms in total. The normalized spacial score (nSPS) is 25.2. The molecule has 1 N–H and O–H groups in total. The number of hydrogen-bond acceptors (Lipinski definition) is 3. The van der Waals surface area contributed by atoms with Crippen LogP contribution in [0, 0.1) is 5.92 Å². The van der Waals surface area contributed by atoms with Crippen molar-refractivity contribution in [1.29, 1.82) is 0 Å². The van der Waals surface area contributed by atoms with Crippen molar-refractivity contribution in [2.24, 2.45) is 5.92 Å². The lowest BCUT2D eigenvalue weighted by Gasteiger charge is -2.24. The molecule has 1 atom stereocenters. The Bertz CT molecular complexity index is 463. The van der Waals surface area contributed by atoms with E-state index >= 15 is 0 Å². The monoisotopic (exact) mass is 292 g/mol. The molecule has 0 bridgehead atoms. The molecule has 1 aromatic heterocycles. The van der Waals surface area contributed by atoms with E-state index in [4.69, 9.17) is 0 Å². The molecule has 2 aliphatic rings. The van der Waals surface area contributed by atoms with Gasteiger partial charge in [0.25, 0.3) is 0 Å². The quantitative estimate of drug-likeness (QED) is 0.920. The van der Waals surface area contributed by atoms with Gasteiger partial charge in [-0.2, -0.15) is 11.3 Å². The van der Waals surface area contributed by atoms with Crippen LogP contribution >= 0.6 is 11.3 Å². The van der Waals surface area contributed by atoms with Crippen molar-refractivity contribution >= 4 is 17.2 Å². The topological polar surface area (TPSA) is 32.3 Å². The summed E-state index contributed by atoms with van der Waals surface area (Å²) in [6.07, 6.45) is 5.52. The van der Waals surface area contributed by atoms with Crippen LogP contribution in [0.4, 0.5) is 0 Å². The van der Waals surface area contributed by atoms with Crippen molar-refractivity contribution in [1.82, 2.24) is 10.2 Å². The fourth-order valence-electron chi connectivity index (χ4n) is 3.45. The summed E-state index contributed by atoms with van der Waals surface area (Å²) in [4.78, 5) is 15.0. The van der Waals surface area contributed by atoms with Crippen LogP contribution in [0.15, 0.2) is 16.8 Å². The Kier molecular flexibility index (Phi) is 3.87. The number of carbonyl (C=O) groups excluding carboxylic acids is 1. The molecule has 1 aliphatic heterocycles. The second-order valence-electron chi connectivity index (χ2n) is 6.57. The van der Waals surface area contributed by atoms with Crippen LogP contribution in [0.3, 0.4) is 0 Å². The highest BCUT2D eigenvalue weighted by atomic mass is 32.1. The molecule has 1 spiro atoms. The Morgan fingerprint density at radius 3 is 2.80 bits per heavy atom. The van der Waals surface area contributed by atoms with Gasteiger partial charge in [-0.15, -0.1) is 0 Å². The van der Waals surface area contributed by atoms with E-state index in [0.29, 0.717) is 11.8 Å². The zero-order chi connectivity index (χ0) is 14.2. The van der Waals surface area contributed by atoms with E-state index in [1.165, 1.54) is 18.4 Å². The van der Waals surface area contributed by atoms with Crippen LogP contribution in [-0.4, -0.2) is 22.9 Å². The van der Waals surface area contributed by atoms with Gasteiger partial charge in [0.05, 0.1) is 5.54 Å². The zero-order valence-electron chi connectivity index (χ0n) is 12.4. The molecule has 4 heteroatoms. The maximum atomic E-state index is 12.9. The summed E-state index contributed by atoms with van der Waals surface area (Å²) < 4.78 is 0. The average molecular weight is 292 g/mol. The van der Waals surface area contributed by atoms with Crippen molar-refractivity contribution < 1.29 is 4.79 Å². The first kappa shape index (κ1) is 14.1. The van der Waals surface area contributed by atoms with E-state index in [-0.39, 0.29) is 11.7 Å². The van der Waals surface area contributed by atoms with Gasteiger partial charge in [0, 0.05) is 6.54 Å². The summed E-state index contributed by atoms with van der Waals surface area (Å²) in [5, 5.41) is 7.94. The highest BCUT2D eigenvalue weighted by molar-refractivity contribution is 7.07. The Balaban J connectivity index is 1.84. The molecule has 1 unspecified atom stereocenters. The van der Waals surface area contributed by atoms with Gasteiger partial charge in [-0.25, -0.2) is 0 Å². The highest BCUT2D eigenvalue weighted by Gasteiger charge is 2.52. The van der Waals surface area contributed by atoms with E-state index in [0.717, 1.165) is 25.8 Å². The molecule has 0 aromatic carbocycles. The third-order valence-corrected chi connectivity index (χ3v) is 5.36. The third kappa shape index (κ3) is 2.40. The smallest absolute Gasteiger partial charge is 0.244 e. The van der Waals surface area contributed by atoms with Crippen molar-refractivity contribution in [2.75, 3.05) is 6.54 Å². The second-order valence-corrected chi connectivity index (χ2v) is 7.35. The van der Waals surface area contributed by atoms with E-state index in [2.05, 4.69) is 40.9 Å². The lowest BCUT2D eigenvalue weighted by atomic mass is 9.98. The van der Waals surface area contributed by atoms with E-state index < -0.39 is 0 Å². The predicted molar refractivity (Wildman–Crippen MR) is 82.6 cm³/mol. The Morgan fingerprint density at radius 1 is 1.45 bits per heavy atom. The molecular weight excluding hydrogens is 268 g/mol. The number of hydrogen-bond donors (Lipinski definition) is 1. The fraction of sp³-hybridized carbons (Fsp3) is 0.688. The number of amides is 1. The summed E-state index contributed by atoms with van der Waals surface area (Å²) in [6.45, 7) is 5.31. The number of carbonyl (C=O) groups is 1. The lowest BCUT2D eigenvalue weighted by Crippen LogP contribution is -2.44. The maximum absolute atomic E-state index is 12.9. The van der Waals surface area contributed by atoms with Crippen LogP contribution in [0.25, 0.3) is 0 Å². The van der Waals surface area contributed by atoms with Gasteiger partial charge in [-0.05, 0) is 47.6 Å². The molecule has 2 fully saturated rings. The molecule has 0 radical (unpaired) electrons. The lowest BCUT2D eigenvalue weighted by molar-refractivity contribution is -0.133. The maximum Gasteiger partial charge on any atom is 0.244 e. The van der Waals surface area contributed by atoms with E-state index in [1.807, 2.05) is 0 Å². The molecule has 1 saturated heterocycles. The second kappa shape index (κ2) is 5.49. The first-order valence-corrected chi connectivity index (χ1v) is 8.67. The predicted octanol–water partition coefficient (Wildman–Crippen LogP) is 3.54. The number of nitrogens with one attached hydrogen (secondary N) is 1. The first-order chi connectivity index (χ1) is 9.62. The van der Waals surface area contributed by atoms with Crippen LogP contribution in [0.2, 0.25) is 0 Å². The molecule has 1 aliphatic carbocycles. The van der Waals surface area contributed by atoms with Gasteiger partial charge in [-0.3, -0.25) is 10.1 Å². The minimum absolute atomic E-state index is 0.0885. The summed E-state index contributed by atoms with van der Waals surface area (Å²) in [7, 11) is 0. The van der Waals surface area contributed by atoms with Crippen molar-refractivity contribution in [3.63, 3.8) is 0 Å². The summed E-state index contributed by atoms with van der Waals surface area (Å²) in [5.41, 5.74) is 0.986. The number of nitrogens with zero attached hydrogens (tertiary/aromatic N) is 1. The van der Waals surface area contributed by atoms with Gasteiger partial charge in [-0.1, -0.05) is 26.7 Å². The molecule has 3 rings (SSSR count). The minimum atomic E-state index is -0.260. The van der Waals surface area contributed by atoms with Crippen LogP contribution < -0.4 is 5.32 Å².